The van der Waals surface area contributed by atoms with Gasteiger partial charge in [0.05, 0.1) is 26.6 Å². The molecule has 1 aliphatic heterocycles. The number of halogens is 2. The van der Waals surface area contributed by atoms with Crippen LogP contribution in [-0.2, 0) is 0 Å². The van der Waals surface area contributed by atoms with Gasteiger partial charge in [-0.05, 0) is 69.3 Å². The minimum atomic E-state index is -0.285. The molecule has 3 N–H and O–H groups in total. The molecule has 0 bridgehead atoms. The third-order valence-corrected chi connectivity index (χ3v) is 7.56. The standard InChI is InChI=1S/C27H27Cl2N5O/c1-16-27(2,3)34(13-12-30-16)18-9-10-19(22(29)15-18)26(35)31-17-8-11-21(28)20(14-17)25-32-23-6-4-5-7-24(23)33-25/h4-11,14-16,30H,12-13H2,1-3H3,(H,31,35)(H,32,33)/t16-/m0/s1. The van der Waals surface area contributed by atoms with Gasteiger partial charge in [-0.1, -0.05) is 35.3 Å². The number of benzene rings is 3. The first-order chi connectivity index (χ1) is 16.7. The number of aromatic amines is 1. The van der Waals surface area contributed by atoms with Gasteiger partial charge >= 0.3 is 0 Å². The summed E-state index contributed by atoms with van der Waals surface area (Å²) in [7, 11) is 0. The molecule has 0 saturated carbocycles. The van der Waals surface area contributed by atoms with Gasteiger partial charge in [-0.25, -0.2) is 4.98 Å². The Labute approximate surface area is 214 Å². The first-order valence-corrected chi connectivity index (χ1v) is 12.4. The number of fused-ring (bicyclic) bond motifs is 1. The molecule has 1 aromatic heterocycles. The Hall–Kier alpha value is -3.06. The number of piperazine rings is 1. The van der Waals surface area contributed by atoms with Crippen molar-refractivity contribution in [2.45, 2.75) is 32.4 Å². The topological polar surface area (TPSA) is 73.1 Å². The first kappa shape index (κ1) is 23.7. The molecule has 0 radical (unpaired) electrons. The number of para-hydroxylation sites is 2. The molecule has 1 fully saturated rings. The van der Waals surface area contributed by atoms with Gasteiger partial charge in [0.1, 0.15) is 5.82 Å². The zero-order chi connectivity index (χ0) is 24.7. The monoisotopic (exact) mass is 507 g/mol. The van der Waals surface area contributed by atoms with Crippen molar-refractivity contribution in [2.75, 3.05) is 23.3 Å². The number of amides is 1. The van der Waals surface area contributed by atoms with E-state index in [0.29, 0.717) is 38.7 Å². The van der Waals surface area contributed by atoms with Crippen molar-refractivity contribution in [1.29, 1.82) is 0 Å². The van der Waals surface area contributed by atoms with Crippen LogP contribution in [0, 0.1) is 0 Å². The second-order valence-corrected chi connectivity index (χ2v) is 10.2. The number of nitrogens with zero attached hydrogens (tertiary/aromatic N) is 2. The number of hydrogen-bond acceptors (Lipinski definition) is 4. The molecule has 3 aromatic carbocycles. The van der Waals surface area contributed by atoms with Crippen LogP contribution in [0.1, 0.15) is 31.1 Å². The molecule has 1 saturated heterocycles. The summed E-state index contributed by atoms with van der Waals surface area (Å²) in [5, 5.41) is 7.41. The minimum absolute atomic E-state index is 0.0816. The number of nitrogens with one attached hydrogen (secondary N) is 3. The Bertz CT molecular complexity index is 1380. The highest BCUT2D eigenvalue weighted by molar-refractivity contribution is 6.35. The summed E-state index contributed by atoms with van der Waals surface area (Å²) >= 11 is 13.1. The molecule has 0 aliphatic carbocycles. The van der Waals surface area contributed by atoms with Crippen molar-refractivity contribution < 1.29 is 4.79 Å². The number of rotatable bonds is 4. The summed E-state index contributed by atoms with van der Waals surface area (Å²) in [6, 6.07) is 19.0. The molecule has 0 unspecified atom stereocenters. The molecule has 0 spiro atoms. The van der Waals surface area contributed by atoms with Crippen LogP contribution in [0.4, 0.5) is 11.4 Å². The summed E-state index contributed by atoms with van der Waals surface area (Å²) < 4.78 is 0. The molecule has 6 nitrogen and oxygen atoms in total. The molecular formula is C27H27Cl2N5O. The lowest BCUT2D eigenvalue weighted by atomic mass is 9.90. The quantitative estimate of drug-likeness (QED) is 0.300. The number of imidazole rings is 1. The predicted molar refractivity (Wildman–Crippen MR) is 145 cm³/mol. The zero-order valence-electron chi connectivity index (χ0n) is 19.8. The molecule has 180 valence electrons. The lowest BCUT2D eigenvalue weighted by Crippen LogP contribution is -2.63. The number of H-pyrrole nitrogens is 1. The fourth-order valence-corrected chi connectivity index (χ4v) is 5.01. The summed E-state index contributed by atoms with van der Waals surface area (Å²) in [6.45, 7) is 8.36. The SMILES string of the molecule is C[C@@H]1NCCN(c2ccc(C(=O)Nc3ccc(Cl)c(-c4nc5ccccc5[nH]4)c3)c(Cl)c2)C1(C)C. The zero-order valence-corrected chi connectivity index (χ0v) is 21.3. The summed E-state index contributed by atoms with van der Waals surface area (Å²) in [5.41, 5.74) is 4.41. The van der Waals surface area contributed by atoms with Gasteiger partial charge in [-0.15, -0.1) is 0 Å². The van der Waals surface area contributed by atoms with Crippen molar-refractivity contribution in [3.63, 3.8) is 0 Å². The maximum Gasteiger partial charge on any atom is 0.257 e. The van der Waals surface area contributed by atoms with Crippen molar-refractivity contribution in [3.8, 4) is 11.4 Å². The van der Waals surface area contributed by atoms with E-state index in [-0.39, 0.29) is 11.4 Å². The normalized spacial score (nSPS) is 17.5. The first-order valence-electron chi connectivity index (χ1n) is 11.6. The third kappa shape index (κ3) is 4.49. The molecule has 4 aromatic rings. The largest absolute Gasteiger partial charge is 0.364 e. The Balaban J connectivity index is 1.38. The smallest absolute Gasteiger partial charge is 0.257 e. The number of hydrogen-bond donors (Lipinski definition) is 3. The van der Waals surface area contributed by atoms with Crippen molar-refractivity contribution >= 4 is 51.5 Å². The molecular weight excluding hydrogens is 481 g/mol. The van der Waals surface area contributed by atoms with Crippen LogP contribution >= 0.6 is 23.2 Å². The van der Waals surface area contributed by atoms with E-state index < -0.39 is 0 Å². The van der Waals surface area contributed by atoms with Crippen molar-refractivity contribution in [2.24, 2.45) is 0 Å². The lowest BCUT2D eigenvalue weighted by Gasteiger charge is -2.49. The van der Waals surface area contributed by atoms with Gasteiger partial charge in [-0.2, -0.15) is 0 Å². The van der Waals surface area contributed by atoms with Crippen molar-refractivity contribution in [3.05, 3.63) is 76.3 Å². The van der Waals surface area contributed by atoms with Crippen LogP contribution in [-0.4, -0.2) is 40.5 Å². The number of anilines is 2. The van der Waals surface area contributed by atoms with E-state index in [0.717, 1.165) is 29.8 Å². The summed E-state index contributed by atoms with van der Waals surface area (Å²) in [5.74, 6) is 0.356. The van der Waals surface area contributed by atoms with E-state index in [9.17, 15) is 4.79 Å². The molecule has 5 rings (SSSR count). The van der Waals surface area contributed by atoms with E-state index in [1.165, 1.54) is 0 Å². The Morgan fingerprint density at radius 3 is 2.66 bits per heavy atom. The Kier molecular flexibility index (Phi) is 6.21. The molecule has 1 aliphatic rings. The van der Waals surface area contributed by atoms with Gasteiger partial charge in [0.25, 0.3) is 5.91 Å². The van der Waals surface area contributed by atoms with E-state index >= 15 is 0 Å². The fourth-order valence-electron chi connectivity index (χ4n) is 4.55. The van der Waals surface area contributed by atoms with Gasteiger partial charge in [0, 0.05) is 41.6 Å². The second-order valence-electron chi connectivity index (χ2n) is 9.40. The fraction of sp³-hybridized carbons (Fsp3) is 0.259. The third-order valence-electron chi connectivity index (χ3n) is 6.92. The van der Waals surface area contributed by atoms with E-state index in [2.05, 4.69) is 46.3 Å². The highest BCUT2D eigenvalue weighted by Crippen LogP contribution is 2.33. The van der Waals surface area contributed by atoms with Crippen molar-refractivity contribution in [1.82, 2.24) is 15.3 Å². The van der Waals surface area contributed by atoms with E-state index in [1.807, 2.05) is 42.5 Å². The average Bonchev–Trinajstić information content (AvgIpc) is 3.26. The van der Waals surface area contributed by atoms with Gasteiger partial charge in [0.2, 0.25) is 0 Å². The molecule has 1 amide bonds. The highest BCUT2D eigenvalue weighted by atomic mass is 35.5. The van der Waals surface area contributed by atoms with E-state index in [1.54, 1.807) is 18.2 Å². The van der Waals surface area contributed by atoms with Crippen LogP contribution in [0.25, 0.3) is 22.4 Å². The van der Waals surface area contributed by atoms with Gasteiger partial charge < -0.3 is 20.5 Å². The predicted octanol–water partition coefficient (Wildman–Crippen LogP) is 6.37. The molecule has 1 atom stereocenters. The van der Waals surface area contributed by atoms with Crippen LogP contribution in [0.2, 0.25) is 10.0 Å². The van der Waals surface area contributed by atoms with Crippen LogP contribution < -0.4 is 15.5 Å². The summed E-state index contributed by atoms with van der Waals surface area (Å²) in [4.78, 5) is 23.3. The summed E-state index contributed by atoms with van der Waals surface area (Å²) in [6.07, 6.45) is 0. The lowest BCUT2D eigenvalue weighted by molar-refractivity contribution is 0.102. The minimum Gasteiger partial charge on any atom is -0.364 e. The van der Waals surface area contributed by atoms with Crippen LogP contribution in [0.5, 0.6) is 0 Å². The Morgan fingerprint density at radius 1 is 1.09 bits per heavy atom. The van der Waals surface area contributed by atoms with Crippen LogP contribution in [0.3, 0.4) is 0 Å². The average molecular weight is 508 g/mol. The molecule has 2 heterocycles. The second kappa shape index (κ2) is 9.19. The maximum atomic E-state index is 13.1. The molecule has 8 heteroatoms. The number of carbonyl (C=O) groups is 1. The highest BCUT2D eigenvalue weighted by Gasteiger charge is 2.36. The van der Waals surface area contributed by atoms with Crippen LogP contribution in [0.15, 0.2) is 60.7 Å². The van der Waals surface area contributed by atoms with Gasteiger partial charge in [-0.3, -0.25) is 4.79 Å². The van der Waals surface area contributed by atoms with E-state index in [4.69, 9.17) is 23.2 Å². The Morgan fingerprint density at radius 2 is 1.89 bits per heavy atom. The number of carbonyl (C=O) groups excluding carboxylic acids is 1. The molecule has 35 heavy (non-hydrogen) atoms. The van der Waals surface area contributed by atoms with Gasteiger partial charge in [0.15, 0.2) is 0 Å². The number of aromatic nitrogens is 2. The maximum absolute atomic E-state index is 13.1.